The zero-order valence-corrected chi connectivity index (χ0v) is 11.6. The van der Waals surface area contributed by atoms with Gasteiger partial charge in [0.25, 0.3) is 0 Å². The Morgan fingerprint density at radius 3 is 2.29 bits per heavy atom. The SMILES string of the molecule is C=C(C)C(NCC)C1(N2CCCC2)CCCC1. The molecule has 0 amide bonds. The van der Waals surface area contributed by atoms with Crippen LogP contribution in [0.5, 0.6) is 0 Å². The second kappa shape index (κ2) is 5.53. The lowest BCUT2D eigenvalue weighted by Crippen LogP contribution is -2.59. The van der Waals surface area contributed by atoms with Crippen LogP contribution in [0.15, 0.2) is 12.2 Å². The number of likely N-dealkylation sites (tertiary alicyclic amines) is 1. The van der Waals surface area contributed by atoms with Crippen molar-refractivity contribution in [3.63, 3.8) is 0 Å². The lowest BCUT2D eigenvalue weighted by atomic mass is 9.82. The molecule has 2 rings (SSSR count). The second-order valence-electron chi connectivity index (χ2n) is 5.84. The Morgan fingerprint density at radius 1 is 1.24 bits per heavy atom. The van der Waals surface area contributed by atoms with E-state index in [9.17, 15) is 0 Å². The van der Waals surface area contributed by atoms with E-state index >= 15 is 0 Å². The van der Waals surface area contributed by atoms with Gasteiger partial charge in [-0.1, -0.05) is 31.9 Å². The number of hydrogen-bond acceptors (Lipinski definition) is 2. The number of likely N-dealkylation sites (N-methyl/N-ethyl adjacent to an activating group) is 1. The maximum Gasteiger partial charge on any atom is 0.0461 e. The molecule has 0 radical (unpaired) electrons. The van der Waals surface area contributed by atoms with Crippen LogP contribution in [-0.2, 0) is 0 Å². The Kier molecular flexibility index (Phi) is 4.26. The fourth-order valence-electron chi connectivity index (χ4n) is 3.96. The van der Waals surface area contributed by atoms with E-state index in [4.69, 9.17) is 0 Å². The normalized spacial score (nSPS) is 26.2. The summed E-state index contributed by atoms with van der Waals surface area (Å²) in [5, 5.41) is 3.70. The summed E-state index contributed by atoms with van der Waals surface area (Å²) < 4.78 is 0. The summed E-state index contributed by atoms with van der Waals surface area (Å²) >= 11 is 0. The Morgan fingerprint density at radius 2 is 1.82 bits per heavy atom. The minimum atomic E-state index is 0.387. The molecule has 2 fully saturated rings. The van der Waals surface area contributed by atoms with Crippen LogP contribution in [-0.4, -0.2) is 36.1 Å². The van der Waals surface area contributed by atoms with Crippen LogP contribution >= 0.6 is 0 Å². The molecule has 0 spiro atoms. The molecule has 1 saturated heterocycles. The van der Waals surface area contributed by atoms with Crippen LogP contribution in [0.25, 0.3) is 0 Å². The first-order valence-corrected chi connectivity index (χ1v) is 7.34. The number of nitrogens with zero attached hydrogens (tertiary/aromatic N) is 1. The highest BCUT2D eigenvalue weighted by Gasteiger charge is 2.46. The van der Waals surface area contributed by atoms with Crippen molar-refractivity contribution < 1.29 is 0 Å². The molecular formula is C15H28N2. The molecule has 0 aromatic carbocycles. The molecule has 1 unspecified atom stereocenters. The molecule has 98 valence electrons. The molecule has 0 aromatic rings. The van der Waals surface area contributed by atoms with Gasteiger partial charge in [0.1, 0.15) is 0 Å². The molecule has 0 bridgehead atoms. The third-order valence-corrected chi connectivity index (χ3v) is 4.64. The van der Waals surface area contributed by atoms with Crippen LogP contribution in [0, 0.1) is 0 Å². The molecule has 1 N–H and O–H groups in total. The zero-order chi connectivity index (χ0) is 12.3. The highest BCUT2D eigenvalue weighted by atomic mass is 15.2. The summed E-state index contributed by atoms with van der Waals surface area (Å²) in [5.74, 6) is 0. The molecule has 1 aliphatic heterocycles. The number of nitrogens with one attached hydrogen (secondary N) is 1. The van der Waals surface area contributed by atoms with E-state index in [-0.39, 0.29) is 0 Å². The van der Waals surface area contributed by atoms with E-state index in [2.05, 4.69) is 30.6 Å². The van der Waals surface area contributed by atoms with Crippen molar-refractivity contribution in [2.45, 2.75) is 64.0 Å². The first-order valence-electron chi connectivity index (χ1n) is 7.34. The van der Waals surface area contributed by atoms with Gasteiger partial charge in [0.2, 0.25) is 0 Å². The average Bonchev–Trinajstić information content (AvgIpc) is 2.96. The molecule has 1 aliphatic carbocycles. The van der Waals surface area contributed by atoms with Crippen LogP contribution in [0.1, 0.15) is 52.4 Å². The molecule has 1 heterocycles. The second-order valence-corrected chi connectivity index (χ2v) is 5.84. The largest absolute Gasteiger partial charge is 0.309 e. The van der Waals surface area contributed by atoms with Gasteiger partial charge in [-0.25, -0.2) is 0 Å². The highest BCUT2D eigenvalue weighted by Crippen LogP contribution is 2.41. The van der Waals surface area contributed by atoms with Gasteiger partial charge in [-0.3, -0.25) is 4.90 Å². The van der Waals surface area contributed by atoms with Gasteiger partial charge in [0.15, 0.2) is 0 Å². The smallest absolute Gasteiger partial charge is 0.0461 e. The van der Waals surface area contributed by atoms with Gasteiger partial charge in [-0.15, -0.1) is 0 Å². The van der Waals surface area contributed by atoms with E-state index in [1.54, 1.807) is 0 Å². The monoisotopic (exact) mass is 236 g/mol. The molecule has 2 aliphatic rings. The van der Waals surface area contributed by atoms with Crippen LogP contribution in [0.4, 0.5) is 0 Å². The molecule has 2 heteroatoms. The van der Waals surface area contributed by atoms with Gasteiger partial charge in [-0.2, -0.15) is 0 Å². The summed E-state index contributed by atoms with van der Waals surface area (Å²) in [5.41, 5.74) is 1.71. The zero-order valence-electron chi connectivity index (χ0n) is 11.6. The van der Waals surface area contributed by atoms with E-state index in [1.165, 1.54) is 57.2 Å². The third-order valence-electron chi connectivity index (χ3n) is 4.64. The van der Waals surface area contributed by atoms with Crippen molar-refractivity contribution in [1.82, 2.24) is 10.2 Å². The van der Waals surface area contributed by atoms with Crippen molar-refractivity contribution in [2.24, 2.45) is 0 Å². The predicted molar refractivity (Wildman–Crippen MR) is 74.3 cm³/mol. The maximum atomic E-state index is 4.25. The van der Waals surface area contributed by atoms with Crippen LogP contribution in [0.2, 0.25) is 0 Å². The predicted octanol–water partition coefficient (Wildman–Crippen LogP) is 2.95. The van der Waals surface area contributed by atoms with Gasteiger partial charge in [0, 0.05) is 11.6 Å². The Balaban J connectivity index is 2.21. The molecule has 17 heavy (non-hydrogen) atoms. The fourth-order valence-corrected chi connectivity index (χ4v) is 3.96. The van der Waals surface area contributed by atoms with Gasteiger partial charge in [-0.05, 0) is 52.2 Å². The van der Waals surface area contributed by atoms with Crippen molar-refractivity contribution in [3.8, 4) is 0 Å². The minimum absolute atomic E-state index is 0.387. The maximum absolute atomic E-state index is 4.25. The van der Waals surface area contributed by atoms with E-state index in [1.807, 2.05) is 0 Å². The first-order chi connectivity index (χ1) is 8.20. The number of rotatable bonds is 5. The van der Waals surface area contributed by atoms with Gasteiger partial charge in [0.05, 0.1) is 0 Å². The lowest BCUT2D eigenvalue weighted by Gasteiger charge is -2.46. The first kappa shape index (κ1) is 13.1. The average molecular weight is 236 g/mol. The molecule has 1 atom stereocenters. The minimum Gasteiger partial charge on any atom is -0.309 e. The fraction of sp³-hybridized carbons (Fsp3) is 0.867. The van der Waals surface area contributed by atoms with Crippen LogP contribution in [0.3, 0.4) is 0 Å². The Hall–Kier alpha value is -0.340. The van der Waals surface area contributed by atoms with E-state index < -0.39 is 0 Å². The molecule has 0 aromatic heterocycles. The molecule has 2 nitrogen and oxygen atoms in total. The summed E-state index contributed by atoms with van der Waals surface area (Å²) in [6.07, 6.45) is 8.28. The van der Waals surface area contributed by atoms with Gasteiger partial charge >= 0.3 is 0 Å². The van der Waals surface area contributed by atoms with Crippen molar-refractivity contribution >= 4 is 0 Å². The summed E-state index contributed by atoms with van der Waals surface area (Å²) in [6.45, 7) is 12.3. The molecule has 1 saturated carbocycles. The Labute approximate surface area is 106 Å². The topological polar surface area (TPSA) is 15.3 Å². The highest BCUT2D eigenvalue weighted by molar-refractivity contribution is 5.17. The summed E-state index contributed by atoms with van der Waals surface area (Å²) in [6, 6.07) is 0.494. The quantitative estimate of drug-likeness (QED) is 0.738. The number of hydrogen-bond donors (Lipinski definition) is 1. The van der Waals surface area contributed by atoms with Crippen molar-refractivity contribution in [3.05, 3.63) is 12.2 Å². The summed E-state index contributed by atoms with van der Waals surface area (Å²) in [7, 11) is 0. The lowest BCUT2D eigenvalue weighted by molar-refractivity contribution is 0.0908. The standard InChI is InChI=1S/C15H28N2/c1-4-16-14(13(2)3)15(9-5-6-10-15)17-11-7-8-12-17/h14,16H,2,4-12H2,1,3H3. The van der Waals surface area contributed by atoms with Gasteiger partial charge < -0.3 is 5.32 Å². The van der Waals surface area contributed by atoms with Crippen molar-refractivity contribution in [2.75, 3.05) is 19.6 Å². The Bertz CT molecular complexity index is 260. The third kappa shape index (κ3) is 2.43. The summed E-state index contributed by atoms with van der Waals surface area (Å²) in [4.78, 5) is 2.77. The van der Waals surface area contributed by atoms with Crippen LogP contribution < -0.4 is 5.32 Å². The van der Waals surface area contributed by atoms with E-state index in [0.29, 0.717) is 11.6 Å². The van der Waals surface area contributed by atoms with E-state index in [0.717, 1.165) is 6.54 Å². The molecular weight excluding hydrogens is 208 g/mol. The van der Waals surface area contributed by atoms with Crippen molar-refractivity contribution in [1.29, 1.82) is 0 Å².